The minimum atomic E-state index is -0.307. The van der Waals surface area contributed by atoms with Crippen molar-refractivity contribution >= 4 is 33.8 Å². The molecule has 0 aliphatic rings. The topological polar surface area (TPSA) is 42.1 Å². The standard InChI is InChI=1S/C14H13BrFN3/c1-19(17)14-4-2-3-13(15)12(14)6-5-11-9-10(16)7-8-18-11/h2-9H,17H2,1H3/b6-5+. The van der Waals surface area contributed by atoms with Crippen molar-refractivity contribution in [3.8, 4) is 0 Å². The number of pyridine rings is 1. The summed E-state index contributed by atoms with van der Waals surface area (Å²) in [7, 11) is 1.76. The highest BCUT2D eigenvalue weighted by molar-refractivity contribution is 9.10. The second-order valence-corrected chi connectivity index (χ2v) is 4.87. The first-order valence-electron chi connectivity index (χ1n) is 5.64. The highest BCUT2D eigenvalue weighted by atomic mass is 79.9. The van der Waals surface area contributed by atoms with E-state index in [2.05, 4.69) is 20.9 Å². The number of anilines is 1. The van der Waals surface area contributed by atoms with Gasteiger partial charge < -0.3 is 5.01 Å². The van der Waals surface area contributed by atoms with Crippen LogP contribution in [0, 0.1) is 5.82 Å². The lowest BCUT2D eigenvalue weighted by Crippen LogP contribution is -2.25. The number of aromatic nitrogens is 1. The average molecular weight is 322 g/mol. The van der Waals surface area contributed by atoms with E-state index in [1.165, 1.54) is 23.3 Å². The van der Waals surface area contributed by atoms with Gasteiger partial charge in [0.2, 0.25) is 0 Å². The van der Waals surface area contributed by atoms with Crippen LogP contribution < -0.4 is 10.9 Å². The number of halogens is 2. The molecule has 1 heterocycles. The molecule has 98 valence electrons. The van der Waals surface area contributed by atoms with Gasteiger partial charge in [-0.1, -0.05) is 22.0 Å². The van der Waals surface area contributed by atoms with Gasteiger partial charge in [0.15, 0.2) is 0 Å². The number of nitrogens with two attached hydrogens (primary N) is 1. The fraction of sp³-hybridized carbons (Fsp3) is 0.0714. The summed E-state index contributed by atoms with van der Waals surface area (Å²) < 4.78 is 14.0. The molecule has 5 heteroatoms. The maximum atomic E-state index is 13.1. The van der Waals surface area contributed by atoms with E-state index in [-0.39, 0.29) is 5.82 Å². The molecular weight excluding hydrogens is 309 g/mol. The van der Waals surface area contributed by atoms with Crippen molar-refractivity contribution in [1.29, 1.82) is 0 Å². The number of nitrogens with zero attached hydrogens (tertiary/aromatic N) is 2. The zero-order valence-electron chi connectivity index (χ0n) is 10.3. The summed E-state index contributed by atoms with van der Waals surface area (Å²) >= 11 is 3.48. The van der Waals surface area contributed by atoms with E-state index < -0.39 is 0 Å². The van der Waals surface area contributed by atoms with Crippen molar-refractivity contribution in [1.82, 2.24) is 4.98 Å². The van der Waals surface area contributed by atoms with Crippen LogP contribution in [0.15, 0.2) is 41.0 Å². The molecule has 0 saturated carbocycles. The Labute approximate surface area is 119 Å². The molecule has 0 aliphatic carbocycles. The molecule has 2 rings (SSSR count). The number of rotatable bonds is 3. The molecule has 0 bridgehead atoms. The molecule has 19 heavy (non-hydrogen) atoms. The molecule has 0 spiro atoms. The first-order chi connectivity index (χ1) is 9.08. The van der Waals surface area contributed by atoms with E-state index >= 15 is 0 Å². The van der Waals surface area contributed by atoms with Gasteiger partial charge in [-0.15, -0.1) is 0 Å². The predicted octanol–water partition coefficient (Wildman–Crippen LogP) is 3.46. The van der Waals surface area contributed by atoms with Crippen molar-refractivity contribution in [2.45, 2.75) is 0 Å². The minimum Gasteiger partial charge on any atom is -0.313 e. The van der Waals surface area contributed by atoms with Crippen molar-refractivity contribution in [2.24, 2.45) is 5.84 Å². The molecule has 1 aromatic carbocycles. The van der Waals surface area contributed by atoms with Gasteiger partial charge in [0, 0.05) is 23.3 Å². The van der Waals surface area contributed by atoms with Crippen LogP contribution >= 0.6 is 15.9 Å². The van der Waals surface area contributed by atoms with Crippen molar-refractivity contribution in [3.63, 3.8) is 0 Å². The molecule has 3 nitrogen and oxygen atoms in total. The SMILES string of the molecule is CN(N)c1cccc(Br)c1/C=C/c1cc(F)ccn1. The Morgan fingerprint density at radius 3 is 2.79 bits per heavy atom. The molecule has 0 unspecified atom stereocenters. The van der Waals surface area contributed by atoms with Crippen LogP contribution in [0.25, 0.3) is 12.2 Å². The molecular formula is C14H13BrFN3. The third-order valence-corrected chi connectivity index (χ3v) is 3.27. The lowest BCUT2D eigenvalue weighted by Gasteiger charge is -2.16. The Morgan fingerprint density at radius 1 is 1.32 bits per heavy atom. The monoisotopic (exact) mass is 321 g/mol. The number of hydrogen-bond donors (Lipinski definition) is 1. The molecule has 0 fully saturated rings. The third kappa shape index (κ3) is 3.39. The summed E-state index contributed by atoms with van der Waals surface area (Å²) in [4.78, 5) is 4.07. The van der Waals surface area contributed by atoms with E-state index in [9.17, 15) is 4.39 Å². The van der Waals surface area contributed by atoms with E-state index in [0.717, 1.165) is 15.7 Å². The highest BCUT2D eigenvalue weighted by Gasteiger charge is 2.05. The molecule has 2 aromatic rings. The van der Waals surface area contributed by atoms with Gasteiger partial charge in [0.05, 0.1) is 11.4 Å². The van der Waals surface area contributed by atoms with Crippen LogP contribution in [0.2, 0.25) is 0 Å². The van der Waals surface area contributed by atoms with Crippen LogP contribution in [0.1, 0.15) is 11.3 Å². The Hall–Kier alpha value is -1.72. The molecule has 0 aliphatic heterocycles. The van der Waals surface area contributed by atoms with Gasteiger partial charge in [0.1, 0.15) is 5.82 Å². The zero-order valence-corrected chi connectivity index (χ0v) is 11.9. The summed E-state index contributed by atoms with van der Waals surface area (Å²) in [5.41, 5.74) is 2.34. The largest absolute Gasteiger partial charge is 0.313 e. The Balaban J connectivity index is 2.38. The van der Waals surface area contributed by atoms with Crippen LogP contribution in [0.4, 0.5) is 10.1 Å². The molecule has 1 aromatic heterocycles. The summed E-state index contributed by atoms with van der Waals surface area (Å²) in [6.45, 7) is 0. The second-order valence-electron chi connectivity index (χ2n) is 4.02. The number of hydrogen-bond acceptors (Lipinski definition) is 3. The van der Waals surface area contributed by atoms with Crippen molar-refractivity contribution in [3.05, 3.63) is 58.1 Å². The smallest absolute Gasteiger partial charge is 0.126 e. The first kappa shape index (κ1) is 13.7. The van der Waals surface area contributed by atoms with Gasteiger partial charge in [-0.05, 0) is 36.4 Å². The van der Waals surface area contributed by atoms with E-state index in [0.29, 0.717) is 5.69 Å². The van der Waals surface area contributed by atoms with Crippen LogP contribution in [-0.4, -0.2) is 12.0 Å². The molecule has 0 radical (unpaired) electrons. The second kappa shape index (κ2) is 5.95. The van der Waals surface area contributed by atoms with Gasteiger partial charge in [-0.3, -0.25) is 4.98 Å². The van der Waals surface area contributed by atoms with Gasteiger partial charge in [-0.2, -0.15) is 0 Å². The Bertz CT molecular complexity index is 611. The normalized spacial score (nSPS) is 10.9. The zero-order chi connectivity index (χ0) is 13.8. The maximum absolute atomic E-state index is 13.1. The predicted molar refractivity (Wildman–Crippen MR) is 79.9 cm³/mol. The number of benzene rings is 1. The van der Waals surface area contributed by atoms with Crippen LogP contribution in [-0.2, 0) is 0 Å². The van der Waals surface area contributed by atoms with Crippen molar-refractivity contribution < 1.29 is 4.39 Å². The lowest BCUT2D eigenvalue weighted by atomic mass is 10.1. The van der Waals surface area contributed by atoms with Gasteiger partial charge in [0.25, 0.3) is 0 Å². The Kier molecular flexibility index (Phi) is 4.29. The molecule has 2 N–H and O–H groups in total. The number of hydrazine groups is 1. The van der Waals surface area contributed by atoms with E-state index in [4.69, 9.17) is 5.84 Å². The van der Waals surface area contributed by atoms with Gasteiger partial charge in [-0.25, -0.2) is 10.2 Å². The first-order valence-corrected chi connectivity index (χ1v) is 6.44. The molecule has 0 amide bonds. The summed E-state index contributed by atoms with van der Waals surface area (Å²) in [6, 6.07) is 8.42. The quantitative estimate of drug-likeness (QED) is 0.695. The Morgan fingerprint density at radius 2 is 2.11 bits per heavy atom. The third-order valence-electron chi connectivity index (χ3n) is 2.57. The highest BCUT2D eigenvalue weighted by Crippen LogP contribution is 2.28. The minimum absolute atomic E-state index is 0.307. The van der Waals surface area contributed by atoms with Crippen LogP contribution in [0.5, 0.6) is 0 Å². The summed E-state index contributed by atoms with van der Waals surface area (Å²) in [5, 5.41) is 1.53. The fourth-order valence-corrected chi connectivity index (χ4v) is 2.17. The maximum Gasteiger partial charge on any atom is 0.126 e. The molecule has 0 atom stereocenters. The molecule has 0 saturated heterocycles. The van der Waals surface area contributed by atoms with E-state index in [1.54, 1.807) is 13.1 Å². The average Bonchev–Trinajstić information content (AvgIpc) is 2.37. The van der Waals surface area contributed by atoms with E-state index in [1.807, 2.05) is 24.3 Å². The van der Waals surface area contributed by atoms with Crippen molar-refractivity contribution in [2.75, 3.05) is 12.1 Å². The fourth-order valence-electron chi connectivity index (χ4n) is 1.68. The van der Waals surface area contributed by atoms with Crippen LogP contribution in [0.3, 0.4) is 0 Å². The summed E-state index contributed by atoms with van der Waals surface area (Å²) in [5.74, 6) is 5.47. The van der Waals surface area contributed by atoms with Gasteiger partial charge >= 0.3 is 0 Å². The lowest BCUT2D eigenvalue weighted by molar-refractivity contribution is 0.625. The summed E-state index contributed by atoms with van der Waals surface area (Å²) in [6.07, 6.45) is 5.03.